The quantitative estimate of drug-likeness (QED) is 0.728. The number of H-pyrrole nitrogens is 1. The first-order valence-corrected chi connectivity index (χ1v) is 9.91. The average Bonchev–Trinajstić information content (AvgIpc) is 3.25. The lowest BCUT2D eigenvalue weighted by Crippen LogP contribution is -2.63. The zero-order valence-electron chi connectivity index (χ0n) is 16.7. The highest BCUT2D eigenvalue weighted by Gasteiger charge is 2.53. The summed E-state index contributed by atoms with van der Waals surface area (Å²) in [7, 11) is 0. The van der Waals surface area contributed by atoms with Gasteiger partial charge in [-0.1, -0.05) is 12.1 Å². The van der Waals surface area contributed by atoms with Crippen LogP contribution >= 0.6 is 0 Å². The Morgan fingerprint density at radius 1 is 1.31 bits per heavy atom. The molecule has 0 radical (unpaired) electrons. The minimum absolute atomic E-state index is 0.0201. The number of carbonyl (C=O) groups excluding carboxylic acids is 3. The van der Waals surface area contributed by atoms with Gasteiger partial charge >= 0.3 is 0 Å². The minimum atomic E-state index is -0.812. The molecule has 2 aromatic rings. The van der Waals surface area contributed by atoms with Gasteiger partial charge in [0.15, 0.2) is 0 Å². The first-order chi connectivity index (χ1) is 13.9. The normalized spacial score (nSPS) is 20.6. The van der Waals surface area contributed by atoms with Gasteiger partial charge in [0, 0.05) is 18.7 Å². The number of aromatic nitrogens is 2. The van der Waals surface area contributed by atoms with Crippen molar-refractivity contribution in [2.45, 2.75) is 45.2 Å². The molecular formula is C21H25N5O3. The van der Waals surface area contributed by atoms with E-state index >= 15 is 0 Å². The molecule has 3 amide bonds. The molecule has 1 atom stereocenters. The van der Waals surface area contributed by atoms with Gasteiger partial charge in [-0.25, -0.2) is 0 Å². The second-order valence-electron chi connectivity index (χ2n) is 7.83. The van der Waals surface area contributed by atoms with Crippen molar-refractivity contribution in [2.24, 2.45) is 0 Å². The van der Waals surface area contributed by atoms with E-state index in [0.29, 0.717) is 30.6 Å². The molecule has 8 heteroatoms. The summed E-state index contributed by atoms with van der Waals surface area (Å²) in [6.45, 7) is 4.27. The van der Waals surface area contributed by atoms with Gasteiger partial charge < -0.3 is 10.2 Å². The predicted octanol–water partition coefficient (Wildman–Crippen LogP) is 1.77. The highest BCUT2D eigenvalue weighted by Crippen LogP contribution is 2.43. The fourth-order valence-corrected chi connectivity index (χ4v) is 4.28. The highest BCUT2D eigenvalue weighted by atomic mass is 16.2. The monoisotopic (exact) mass is 395 g/mol. The molecule has 0 spiro atoms. The van der Waals surface area contributed by atoms with Crippen LogP contribution in [0.3, 0.4) is 0 Å². The summed E-state index contributed by atoms with van der Waals surface area (Å²) in [5.74, 6) is -0.450. The summed E-state index contributed by atoms with van der Waals surface area (Å²) in [6, 6.07) is 7.10. The molecule has 1 saturated heterocycles. The number of aromatic amines is 1. The number of rotatable bonds is 6. The molecule has 29 heavy (non-hydrogen) atoms. The molecule has 0 saturated carbocycles. The Morgan fingerprint density at radius 3 is 2.86 bits per heavy atom. The maximum absolute atomic E-state index is 13.1. The number of anilines is 1. The van der Waals surface area contributed by atoms with E-state index in [1.165, 1.54) is 4.90 Å². The van der Waals surface area contributed by atoms with Crippen LogP contribution in [-0.4, -0.2) is 51.6 Å². The van der Waals surface area contributed by atoms with E-state index in [-0.39, 0.29) is 24.3 Å². The first-order valence-electron chi connectivity index (χ1n) is 9.91. The van der Waals surface area contributed by atoms with E-state index in [1.54, 1.807) is 29.3 Å². The predicted molar refractivity (Wildman–Crippen MR) is 107 cm³/mol. The van der Waals surface area contributed by atoms with Crippen LogP contribution in [0.2, 0.25) is 0 Å². The SMILES string of the molecule is Cc1[nH]ncc1CCCNC(=O)CN1C(=O)c2ccccc2N2C(=O)CCC12C. The molecule has 0 aliphatic carbocycles. The topological polar surface area (TPSA) is 98.4 Å². The summed E-state index contributed by atoms with van der Waals surface area (Å²) in [5, 5.41) is 9.79. The van der Waals surface area contributed by atoms with Crippen molar-refractivity contribution in [1.29, 1.82) is 0 Å². The number of hydrogen-bond acceptors (Lipinski definition) is 4. The third-order valence-electron chi connectivity index (χ3n) is 5.93. The fourth-order valence-electron chi connectivity index (χ4n) is 4.28. The van der Waals surface area contributed by atoms with Crippen molar-refractivity contribution in [3.05, 3.63) is 47.3 Å². The Bertz CT molecular complexity index is 969. The lowest BCUT2D eigenvalue weighted by atomic mass is 9.98. The molecule has 152 valence electrons. The van der Waals surface area contributed by atoms with Crippen molar-refractivity contribution in [3.63, 3.8) is 0 Å². The van der Waals surface area contributed by atoms with Crippen LogP contribution in [0.1, 0.15) is 47.8 Å². The molecule has 8 nitrogen and oxygen atoms in total. The molecular weight excluding hydrogens is 370 g/mol. The summed E-state index contributed by atoms with van der Waals surface area (Å²) in [4.78, 5) is 41.5. The molecule has 1 aromatic carbocycles. The lowest BCUT2D eigenvalue weighted by molar-refractivity contribution is -0.124. The number of carbonyl (C=O) groups is 3. The number of fused-ring (bicyclic) bond motifs is 3. The molecule has 2 N–H and O–H groups in total. The van der Waals surface area contributed by atoms with Crippen molar-refractivity contribution in [2.75, 3.05) is 18.0 Å². The van der Waals surface area contributed by atoms with E-state index in [4.69, 9.17) is 0 Å². The average molecular weight is 395 g/mol. The summed E-state index contributed by atoms with van der Waals surface area (Å²) in [5.41, 5.74) is 2.45. The Morgan fingerprint density at radius 2 is 2.10 bits per heavy atom. The van der Waals surface area contributed by atoms with Gasteiger partial charge in [-0.3, -0.25) is 24.4 Å². The standard InChI is InChI=1S/C21H25N5O3/c1-14-15(12-23-24-14)6-5-11-22-18(27)13-25-20(29)16-7-3-4-8-17(16)26-19(28)9-10-21(25,26)2/h3-4,7-8,12H,5-6,9-11,13H2,1-2H3,(H,22,27)(H,23,24). The van der Waals surface area contributed by atoms with Crippen molar-refractivity contribution in [3.8, 4) is 0 Å². The number of nitrogens with zero attached hydrogens (tertiary/aromatic N) is 3. The van der Waals surface area contributed by atoms with Crippen LogP contribution in [0.25, 0.3) is 0 Å². The Hall–Kier alpha value is -3.16. The minimum Gasteiger partial charge on any atom is -0.355 e. The molecule has 2 aliphatic heterocycles. The van der Waals surface area contributed by atoms with Crippen LogP contribution < -0.4 is 10.2 Å². The van der Waals surface area contributed by atoms with E-state index < -0.39 is 5.66 Å². The van der Waals surface area contributed by atoms with Crippen LogP contribution in [0.5, 0.6) is 0 Å². The van der Waals surface area contributed by atoms with Gasteiger partial charge in [0.25, 0.3) is 5.91 Å². The number of hydrogen-bond donors (Lipinski definition) is 2. The van der Waals surface area contributed by atoms with Crippen LogP contribution in [0, 0.1) is 6.92 Å². The number of benzene rings is 1. The molecule has 1 aromatic heterocycles. The third-order valence-corrected chi connectivity index (χ3v) is 5.93. The third kappa shape index (κ3) is 3.28. The second kappa shape index (κ2) is 7.35. The summed E-state index contributed by atoms with van der Waals surface area (Å²) < 4.78 is 0. The zero-order chi connectivity index (χ0) is 20.6. The molecule has 2 aliphatic rings. The lowest BCUT2D eigenvalue weighted by Gasteiger charge is -2.48. The largest absolute Gasteiger partial charge is 0.355 e. The molecule has 1 fully saturated rings. The van der Waals surface area contributed by atoms with E-state index in [0.717, 1.165) is 24.1 Å². The maximum atomic E-state index is 13.1. The molecule has 3 heterocycles. The Balaban J connectivity index is 1.43. The van der Waals surface area contributed by atoms with E-state index in [1.807, 2.05) is 19.9 Å². The fraction of sp³-hybridized carbons (Fsp3) is 0.429. The van der Waals surface area contributed by atoms with Gasteiger partial charge in [0.2, 0.25) is 11.8 Å². The number of nitrogens with one attached hydrogen (secondary N) is 2. The van der Waals surface area contributed by atoms with Gasteiger partial charge in [0.05, 0.1) is 17.4 Å². The Labute approximate surface area is 169 Å². The zero-order valence-corrected chi connectivity index (χ0v) is 16.7. The van der Waals surface area contributed by atoms with Crippen molar-refractivity contribution >= 4 is 23.4 Å². The van der Waals surface area contributed by atoms with Gasteiger partial charge in [0.1, 0.15) is 12.2 Å². The number of amides is 3. The number of para-hydroxylation sites is 1. The highest BCUT2D eigenvalue weighted by molar-refractivity contribution is 6.11. The second-order valence-corrected chi connectivity index (χ2v) is 7.83. The van der Waals surface area contributed by atoms with Gasteiger partial charge in [-0.2, -0.15) is 5.10 Å². The van der Waals surface area contributed by atoms with Crippen LogP contribution in [0.4, 0.5) is 5.69 Å². The van der Waals surface area contributed by atoms with Gasteiger partial charge in [-0.05, 0) is 50.8 Å². The molecule has 1 unspecified atom stereocenters. The first kappa shape index (κ1) is 19.2. The summed E-state index contributed by atoms with van der Waals surface area (Å²) >= 11 is 0. The van der Waals surface area contributed by atoms with Crippen molar-refractivity contribution < 1.29 is 14.4 Å². The maximum Gasteiger partial charge on any atom is 0.258 e. The smallest absolute Gasteiger partial charge is 0.258 e. The molecule has 0 bridgehead atoms. The molecule has 4 rings (SSSR count). The number of aryl methyl sites for hydroxylation is 2. The van der Waals surface area contributed by atoms with Crippen LogP contribution in [0.15, 0.2) is 30.5 Å². The van der Waals surface area contributed by atoms with Crippen LogP contribution in [-0.2, 0) is 16.0 Å². The van der Waals surface area contributed by atoms with Crippen molar-refractivity contribution in [1.82, 2.24) is 20.4 Å². The summed E-state index contributed by atoms with van der Waals surface area (Å²) in [6.07, 6.45) is 4.27. The van der Waals surface area contributed by atoms with Gasteiger partial charge in [-0.15, -0.1) is 0 Å². The van der Waals surface area contributed by atoms with E-state index in [9.17, 15) is 14.4 Å². The van der Waals surface area contributed by atoms with E-state index in [2.05, 4.69) is 15.5 Å². The Kier molecular flexibility index (Phi) is 4.86.